The van der Waals surface area contributed by atoms with E-state index in [1.165, 1.54) is 6.42 Å². The van der Waals surface area contributed by atoms with Crippen LogP contribution in [-0.2, 0) is 4.79 Å². The van der Waals surface area contributed by atoms with Gasteiger partial charge in [0, 0.05) is 0 Å². The fraction of sp³-hybridized carbons (Fsp3) is 0.974. The van der Waals surface area contributed by atoms with Crippen LogP contribution in [0.4, 0.5) is 0 Å². The Hall–Kier alpha value is -1.13. The molecule has 17 heteroatoms. The van der Waals surface area contributed by atoms with E-state index in [0.717, 1.165) is 44.9 Å². The molecule has 0 aliphatic carbocycles. The third-order valence-electron chi connectivity index (χ3n) is 11.4. The van der Waals surface area contributed by atoms with E-state index in [9.17, 15) is 86.5 Å². The highest BCUT2D eigenvalue weighted by Crippen LogP contribution is 2.60. The zero-order valence-electron chi connectivity index (χ0n) is 32.8. The van der Waals surface area contributed by atoms with E-state index in [4.69, 9.17) is 0 Å². The molecule has 330 valence electrons. The third kappa shape index (κ3) is 17.7. The molecule has 0 amide bonds. The summed E-state index contributed by atoms with van der Waals surface area (Å²) in [5, 5.41) is 169. The van der Waals surface area contributed by atoms with Gasteiger partial charge in [-0.2, -0.15) is 0 Å². The van der Waals surface area contributed by atoms with E-state index in [1.54, 1.807) is 0 Å². The first kappa shape index (κ1) is 53.9. The predicted molar refractivity (Wildman–Crippen MR) is 200 cm³/mol. The van der Waals surface area contributed by atoms with Gasteiger partial charge in [-0.1, -0.05) is 78.1 Å². The Morgan fingerprint density at radius 2 is 0.709 bits per heavy atom. The molecule has 11 atom stereocenters. The van der Waals surface area contributed by atoms with E-state index in [2.05, 4.69) is 13.8 Å². The minimum Gasteiger partial charge on any atom is -0.481 e. The van der Waals surface area contributed by atoms with Crippen molar-refractivity contribution in [1.29, 1.82) is 0 Å². The molecule has 0 aromatic rings. The van der Waals surface area contributed by atoms with Gasteiger partial charge in [0.05, 0.1) is 69.0 Å². The molecular formula is C38H76O17. The second kappa shape index (κ2) is 28.3. The summed E-state index contributed by atoms with van der Waals surface area (Å²) in [7, 11) is 0. The van der Waals surface area contributed by atoms with Crippen molar-refractivity contribution in [2.45, 2.75) is 178 Å². The summed E-state index contributed by atoms with van der Waals surface area (Å²) in [6.07, 6.45) is -15.4. The van der Waals surface area contributed by atoms with Crippen LogP contribution in [0.5, 0.6) is 0 Å². The fourth-order valence-electron chi connectivity index (χ4n) is 7.94. The highest BCUT2D eigenvalue weighted by molar-refractivity contribution is 5.76. The number of carboxylic acid groups (broad SMARTS) is 1. The van der Waals surface area contributed by atoms with Gasteiger partial charge in [-0.05, 0) is 55.8 Å². The molecule has 0 heterocycles. The molecule has 0 radical (unpaired) electrons. The Bertz CT molecular complexity index is 937. The molecule has 0 saturated carbocycles. The maximum atomic E-state index is 13.9. The van der Waals surface area contributed by atoms with E-state index < -0.39 is 149 Å². The largest absolute Gasteiger partial charge is 0.481 e. The van der Waals surface area contributed by atoms with Gasteiger partial charge in [0.25, 0.3) is 0 Å². The van der Waals surface area contributed by atoms with Gasteiger partial charge in [0.15, 0.2) is 0 Å². The molecule has 17 nitrogen and oxygen atoms in total. The number of hydrogen-bond acceptors (Lipinski definition) is 16. The Morgan fingerprint density at radius 1 is 0.418 bits per heavy atom. The van der Waals surface area contributed by atoms with Gasteiger partial charge in [0.1, 0.15) is 30.5 Å². The molecule has 0 rings (SSSR count). The molecule has 16 N–H and O–H groups in total. The van der Waals surface area contributed by atoms with Gasteiger partial charge in [0.2, 0.25) is 0 Å². The molecular weight excluding hydrogens is 728 g/mol. The number of aliphatic hydroxyl groups excluding tert-OH is 15. The van der Waals surface area contributed by atoms with Crippen molar-refractivity contribution in [3.8, 4) is 0 Å². The van der Waals surface area contributed by atoms with E-state index in [1.807, 2.05) is 0 Å². The van der Waals surface area contributed by atoms with Crippen LogP contribution in [0.15, 0.2) is 0 Å². The normalized spacial score (nSPS) is 18.9. The smallest absolute Gasteiger partial charge is 0.310 e. The van der Waals surface area contributed by atoms with Crippen LogP contribution in [0.3, 0.4) is 0 Å². The van der Waals surface area contributed by atoms with Crippen molar-refractivity contribution in [1.82, 2.24) is 0 Å². The summed E-state index contributed by atoms with van der Waals surface area (Å²) in [6.45, 7) is -0.830. The summed E-state index contributed by atoms with van der Waals surface area (Å²) < 4.78 is 0. The second-order valence-corrected chi connectivity index (χ2v) is 16.0. The zero-order valence-corrected chi connectivity index (χ0v) is 32.8. The summed E-state index contributed by atoms with van der Waals surface area (Å²) >= 11 is 0. The monoisotopic (exact) mass is 805 g/mol. The van der Waals surface area contributed by atoms with E-state index in [0.29, 0.717) is 18.8 Å². The molecule has 0 saturated heterocycles. The van der Waals surface area contributed by atoms with Crippen LogP contribution in [0.25, 0.3) is 0 Å². The average Bonchev–Trinajstić information content (AvgIpc) is 3.16. The van der Waals surface area contributed by atoms with Crippen molar-refractivity contribution in [3.63, 3.8) is 0 Å². The first-order valence-electron chi connectivity index (χ1n) is 19.9. The Kier molecular flexibility index (Phi) is 27.7. The maximum absolute atomic E-state index is 13.9. The number of hydrogen-bond donors (Lipinski definition) is 16. The number of carboxylic acids is 1. The van der Waals surface area contributed by atoms with Gasteiger partial charge >= 0.3 is 5.97 Å². The summed E-state index contributed by atoms with van der Waals surface area (Å²) in [5.74, 6) is -2.54. The van der Waals surface area contributed by atoms with Crippen molar-refractivity contribution < 1.29 is 86.5 Å². The zero-order chi connectivity index (χ0) is 42.4. The molecule has 0 spiro atoms. The van der Waals surface area contributed by atoms with Crippen molar-refractivity contribution in [2.75, 3.05) is 33.0 Å². The molecule has 55 heavy (non-hydrogen) atoms. The van der Waals surface area contributed by atoms with Gasteiger partial charge in [-0.25, -0.2) is 0 Å². The molecule has 0 aromatic heterocycles. The average molecular weight is 805 g/mol. The molecule has 0 aromatic carbocycles. The Balaban J connectivity index is 7.56. The molecule has 0 aliphatic rings. The van der Waals surface area contributed by atoms with Crippen LogP contribution < -0.4 is 0 Å². The summed E-state index contributed by atoms with van der Waals surface area (Å²) in [6, 6.07) is 0. The number of rotatable bonds is 35. The molecule has 1 unspecified atom stereocenters. The highest BCUT2D eigenvalue weighted by atomic mass is 16.4. The van der Waals surface area contributed by atoms with Crippen molar-refractivity contribution in [3.05, 3.63) is 0 Å². The number of unbranched alkanes of at least 4 members (excludes halogenated alkanes) is 8. The SMILES string of the molecule is CC(C)CCCCCCCCCCCC(C[C@H](O)[C@H](O)CO)C(C[C@H](O)[C@H](O)CO)(C[C@H](O)[C@H](O)CO)C(C[C@H](O)[C@H](O)CO)(C[C@H](O)[C@H](O)CO)C(=O)O. The van der Waals surface area contributed by atoms with Crippen LogP contribution in [0, 0.1) is 22.7 Å². The molecule has 0 aliphatic heterocycles. The van der Waals surface area contributed by atoms with Crippen molar-refractivity contribution >= 4 is 5.97 Å². The maximum Gasteiger partial charge on any atom is 0.310 e. The Labute approximate surface area is 325 Å². The van der Waals surface area contributed by atoms with E-state index >= 15 is 0 Å². The topological polar surface area (TPSA) is 341 Å². The lowest BCUT2D eigenvalue weighted by atomic mass is 9.47. The number of aliphatic hydroxyl groups is 15. The predicted octanol–water partition coefficient (Wildman–Crippen LogP) is -1.87. The fourth-order valence-corrected chi connectivity index (χ4v) is 7.94. The Morgan fingerprint density at radius 3 is 1.02 bits per heavy atom. The lowest BCUT2D eigenvalue weighted by Crippen LogP contribution is -2.61. The second-order valence-electron chi connectivity index (χ2n) is 16.0. The first-order chi connectivity index (χ1) is 25.8. The number of carbonyl (C=O) groups is 1. The van der Waals surface area contributed by atoms with E-state index in [-0.39, 0.29) is 6.42 Å². The van der Waals surface area contributed by atoms with Gasteiger partial charge in [-0.3, -0.25) is 4.79 Å². The van der Waals surface area contributed by atoms with Crippen LogP contribution in [0.1, 0.15) is 117 Å². The highest BCUT2D eigenvalue weighted by Gasteiger charge is 2.63. The summed E-state index contributed by atoms with van der Waals surface area (Å²) in [5.41, 5.74) is -5.11. The lowest BCUT2D eigenvalue weighted by molar-refractivity contribution is -0.199. The number of aliphatic carboxylic acids is 1. The van der Waals surface area contributed by atoms with Crippen LogP contribution in [-0.4, -0.2) is 182 Å². The van der Waals surface area contributed by atoms with Crippen LogP contribution >= 0.6 is 0 Å². The first-order valence-corrected chi connectivity index (χ1v) is 19.9. The van der Waals surface area contributed by atoms with Crippen LogP contribution in [0.2, 0.25) is 0 Å². The minimum atomic E-state index is -2.76. The van der Waals surface area contributed by atoms with Gasteiger partial charge in [-0.15, -0.1) is 0 Å². The summed E-state index contributed by atoms with van der Waals surface area (Å²) in [4.78, 5) is 13.9. The van der Waals surface area contributed by atoms with Gasteiger partial charge < -0.3 is 81.7 Å². The molecule has 0 fully saturated rings. The standard InChI is InChI=1S/C38H76O17/c1-24(2)12-10-8-6-4-3-5-7-9-11-13-25(14-26(44)31(49)19-39)37(15-27(45)32(50)20-40,16-28(46)33(51)21-41)38(36(54)55,17-29(47)34(52)22-42)18-30(48)35(53)23-43/h24-35,39-53H,3-23H2,1-2H3,(H,54,55)/t25?,26-,27-,28-,29-,30-,31+,32+,33+,34+,35+/m0/s1. The minimum absolute atomic E-state index is 0.0549. The quantitative estimate of drug-likeness (QED) is 0.0312. The van der Waals surface area contributed by atoms with Crippen molar-refractivity contribution in [2.24, 2.45) is 22.7 Å². The third-order valence-corrected chi connectivity index (χ3v) is 11.4. The molecule has 0 bridgehead atoms. The lowest BCUT2D eigenvalue weighted by Gasteiger charge is -2.56.